The number of methoxy groups -OCH3 is 1. The first-order valence-electron chi connectivity index (χ1n) is 8.06. The van der Waals surface area contributed by atoms with Crippen molar-refractivity contribution in [1.82, 2.24) is 10.2 Å². The minimum atomic E-state index is -0.443. The lowest BCUT2D eigenvalue weighted by molar-refractivity contribution is -0.144. The molecule has 1 aromatic rings. The van der Waals surface area contributed by atoms with Crippen molar-refractivity contribution in [1.29, 1.82) is 0 Å². The highest BCUT2D eigenvalue weighted by Crippen LogP contribution is 2.34. The Morgan fingerprint density at radius 2 is 2.22 bits per heavy atom. The lowest BCUT2D eigenvalue weighted by atomic mass is 9.86. The monoisotopic (exact) mass is 320 g/mol. The number of carbonyl (C=O) groups excluding carboxylic acids is 1. The number of amides is 1. The fourth-order valence-electron chi connectivity index (χ4n) is 3.31. The third-order valence-corrected chi connectivity index (χ3v) is 4.60. The minimum Gasteiger partial charge on any atom is -0.454 e. The van der Waals surface area contributed by atoms with Gasteiger partial charge < -0.3 is 24.4 Å². The molecule has 0 radical (unpaired) electrons. The first kappa shape index (κ1) is 16.1. The average molecular weight is 320 g/mol. The van der Waals surface area contributed by atoms with Gasteiger partial charge in [-0.2, -0.15) is 0 Å². The number of benzene rings is 1. The third-order valence-electron chi connectivity index (χ3n) is 4.60. The summed E-state index contributed by atoms with van der Waals surface area (Å²) in [5, 5.41) is 3.29. The van der Waals surface area contributed by atoms with E-state index in [0.29, 0.717) is 26.2 Å². The van der Waals surface area contributed by atoms with Crippen molar-refractivity contribution < 1.29 is 19.0 Å². The van der Waals surface area contributed by atoms with Gasteiger partial charge in [0.25, 0.3) is 0 Å². The molecule has 2 aliphatic rings. The summed E-state index contributed by atoms with van der Waals surface area (Å²) in [5.74, 6) is 1.67. The molecule has 0 aromatic heterocycles. The Balaban J connectivity index is 1.75. The summed E-state index contributed by atoms with van der Waals surface area (Å²) in [6.45, 7) is 5.49. The van der Waals surface area contributed by atoms with Gasteiger partial charge in [-0.15, -0.1) is 0 Å². The van der Waals surface area contributed by atoms with E-state index in [-0.39, 0.29) is 12.7 Å². The Hall–Kier alpha value is -1.79. The van der Waals surface area contributed by atoms with Crippen molar-refractivity contribution >= 4 is 5.91 Å². The van der Waals surface area contributed by atoms with Gasteiger partial charge in [0.1, 0.15) is 0 Å². The topological polar surface area (TPSA) is 60.0 Å². The number of carbonyl (C=O) groups is 1. The summed E-state index contributed by atoms with van der Waals surface area (Å²) in [6.07, 6.45) is 0.817. The molecule has 23 heavy (non-hydrogen) atoms. The zero-order chi connectivity index (χ0) is 16.3. The summed E-state index contributed by atoms with van der Waals surface area (Å²) < 4.78 is 16.1. The molecule has 1 atom stereocenters. The van der Waals surface area contributed by atoms with E-state index in [9.17, 15) is 4.79 Å². The van der Waals surface area contributed by atoms with Gasteiger partial charge >= 0.3 is 0 Å². The highest BCUT2D eigenvalue weighted by atomic mass is 16.7. The van der Waals surface area contributed by atoms with E-state index in [1.165, 1.54) is 0 Å². The SMILES string of the molecule is CCN(Cc1ccc2c(c1)OCO2)C(=O)C1(COC)CCNC1. The van der Waals surface area contributed by atoms with Crippen molar-refractivity contribution in [2.45, 2.75) is 19.9 Å². The lowest BCUT2D eigenvalue weighted by Gasteiger charge is -2.33. The van der Waals surface area contributed by atoms with E-state index in [2.05, 4.69) is 5.32 Å². The molecule has 1 N–H and O–H groups in total. The second kappa shape index (κ2) is 6.76. The molecule has 0 bridgehead atoms. The number of ether oxygens (including phenoxy) is 3. The Morgan fingerprint density at radius 1 is 1.39 bits per heavy atom. The molecule has 126 valence electrons. The molecule has 2 heterocycles. The molecule has 6 heteroatoms. The molecule has 6 nitrogen and oxygen atoms in total. The fourth-order valence-corrected chi connectivity index (χ4v) is 3.31. The Labute approximate surface area is 136 Å². The van der Waals surface area contributed by atoms with Gasteiger partial charge in [0.15, 0.2) is 11.5 Å². The average Bonchev–Trinajstić information content (AvgIpc) is 3.21. The van der Waals surface area contributed by atoms with E-state index in [0.717, 1.165) is 30.0 Å². The molecule has 0 saturated carbocycles. The standard InChI is InChI=1S/C17H24N2O4/c1-3-19(16(20)17(11-21-2)6-7-18-10-17)9-13-4-5-14-15(8-13)23-12-22-14/h4-5,8,18H,3,6-7,9-12H2,1-2H3. The number of nitrogens with one attached hydrogen (secondary N) is 1. The maximum Gasteiger partial charge on any atom is 0.232 e. The minimum absolute atomic E-state index is 0.157. The summed E-state index contributed by atoms with van der Waals surface area (Å²) in [6, 6.07) is 5.84. The number of hydrogen-bond acceptors (Lipinski definition) is 5. The first-order valence-corrected chi connectivity index (χ1v) is 8.06. The van der Waals surface area contributed by atoms with Crippen LogP contribution in [0.15, 0.2) is 18.2 Å². The van der Waals surface area contributed by atoms with Gasteiger partial charge in [-0.05, 0) is 37.6 Å². The number of nitrogens with zero attached hydrogens (tertiary/aromatic N) is 1. The molecule has 1 aromatic carbocycles. The molecule has 0 spiro atoms. The van der Waals surface area contributed by atoms with Crippen LogP contribution in [-0.4, -0.2) is 51.0 Å². The van der Waals surface area contributed by atoms with Gasteiger partial charge in [-0.1, -0.05) is 6.07 Å². The summed E-state index contributed by atoms with van der Waals surface area (Å²) in [5.41, 5.74) is 0.601. The van der Waals surface area contributed by atoms with Crippen LogP contribution in [0, 0.1) is 5.41 Å². The molecule has 1 amide bonds. The van der Waals surface area contributed by atoms with Crippen molar-refractivity contribution in [2.75, 3.05) is 40.1 Å². The van der Waals surface area contributed by atoms with Gasteiger partial charge in [0, 0.05) is 26.7 Å². The second-order valence-electron chi connectivity index (χ2n) is 6.15. The lowest BCUT2D eigenvalue weighted by Crippen LogP contribution is -2.47. The largest absolute Gasteiger partial charge is 0.454 e. The zero-order valence-corrected chi connectivity index (χ0v) is 13.8. The second-order valence-corrected chi connectivity index (χ2v) is 6.15. The molecule has 1 unspecified atom stereocenters. The molecule has 1 fully saturated rings. The van der Waals surface area contributed by atoms with Crippen LogP contribution in [0.3, 0.4) is 0 Å². The summed E-state index contributed by atoms with van der Waals surface area (Å²) in [7, 11) is 1.65. The van der Waals surface area contributed by atoms with Crippen LogP contribution in [0.2, 0.25) is 0 Å². The van der Waals surface area contributed by atoms with Crippen LogP contribution in [0.1, 0.15) is 18.9 Å². The van der Waals surface area contributed by atoms with Gasteiger partial charge in [-0.3, -0.25) is 4.79 Å². The molecule has 2 aliphatic heterocycles. The highest BCUT2D eigenvalue weighted by molar-refractivity contribution is 5.83. The van der Waals surface area contributed by atoms with Gasteiger partial charge in [0.05, 0.1) is 12.0 Å². The van der Waals surface area contributed by atoms with E-state index >= 15 is 0 Å². The van der Waals surface area contributed by atoms with Crippen molar-refractivity contribution in [3.05, 3.63) is 23.8 Å². The first-order chi connectivity index (χ1) is 11.2. The summed E-state index contributed by atoms with van der Waals surface area (Å²) in [4.78, 5) is 15.0. The Bertz CT molecular complexity index is 570. The third kappa shape index (κ3) is 3.14. The van der Waals surface area contributed by atoms with Crippen LogP contribution in [-0.2, 0) is 16.1 Å². The Morgan fingerprint density at radius 3 is 2.91 bits per heavy atom. The Kier molecular flexibility index (Phi) is 4.73. The van der Waals surface area contributed by atoms with Crippen LogP contribution >= 0.6 is 0 Å². The maximum atomic E-state index is 13.1. The predicted molar refractivity (Wildman–Crippen MR) is 85.5 cm³/mol. The highest BCUT2D eigenvalue weighted by Gasteiger charge is 2.43. The molecular weight excluding hydrogens is 296 g/mol. The van der Waals surface area contributed by atoms with Crippen molar-refractivity contribution in [3.63, 3.8) is 0 Å². The maximum absolute atomic E-state index is 13.1. The smallest absolute Gasteiger partial charge is 0.232 e. The summed E-state index contributed by atoms with van der Waals surface area (Å²) >= 11 is 0. The number of fused-ring (bicyclic) bond motifs is 1. The van der Waals surface area contributed by atoms with Crippen LogP contribution < -0.4 is 14.8 Å². The van der Waals surface area contributed by atoms with Gasteiger partial charge in [-0.25, -0.2) is 0 Å². The van der Waals surface area contributed by atoms with Crippen molar-refractivity contribution in [2.24, 2.45) is 5.41 Å². The van der Waals surface area contributed by atoms with Crippen LogP contribution in [0.5, 0.6) is 11.5 Å². The molecule has 1 saturated heterocycles. The fraction of sp³-hybridized carbons (Fsp3) is 0.588. The van der Waals surface area contributed by atoms with Crippen LogP contribution in [0.25, 0.3) is 0 Å². The molecule has 3 rings (SSSR count). The quantitative estimate of drug-likeness (QED) is 0.858. The van der Waals surface area contributed by atoms with E-state index < -0.39 is 5.41 Å². The zero-order valence-electron chi connectivity index (χ0n) is 13.8. The van der Waals surface area contributed by atoms with Crippen molar-refractivity contribution in [3.8, 4) is 11.5 Å². The van der Waals surface area contributed by atoms with E-state index in [4.69, 9.17) is 14.2 Å². The molecular formula is C17H24N2O4. The van der Waals surface area contributed by atoms with Gasteiger partial charge in [0.2, 0.25) is 12.7 Å². The van der Waals surface area contributed by atoms with E-state index in [1.54, 1.807) is 7.11 Å². The number of hydrogen-bond donors (Lipinski definition) is 1. The predicted octanol–water partition coefficient (Wildman–Crippen LogP) is 1.39. The van der Waals surface area contributed by atoms with E-state index in [1.807, 2.05) is 30.0 Å². The normalized spacial score (nSPS) is 22.3. The molecule has 0 aliphatic carbocycles. The number of rotatable bonds is 6. The van der Waals surface area contributed by atoms with Crippen LogP contribution in [0.4, 0.5) is 0 Å².